The maximum atomic E-state index is 13.2. The second kappa shape index (κ2) is 5.88. The predicted molar refractivity (Wildman–Crippen MR) is 77.8 cm³/mol. The van der Waals surface area contributed by atoms with E-state index in [1.54, 1.807) is 6.07 Å². The highest BCUT2D eigenvalue weighted by Gasteiger charge is 2.20. The molecule has 102 valence electrons. The average Bonchev–Trinajstić information content (AvgIpc) is 2.66. The second-order valence-electron chi connectivity index (χ2n) is 4.53. The summed E-state index contributed by atoms with van der Waals surface area (Å²) in [5, 5.41) is 3.42. The van der Waals surface area contributed by atoms with Crippen molar-refractivity contribution < 1.29 is 8.81 Å². The molecule has 2 rings (SSSR count). The van der Waals surface area contributed by atoms with Gasteiger partial charge in [0.05, 0.1) is 6.04 Å². The lowest BCUT2D eigenvalue weighted by Gasteiger charge is -2.19. The van der Waals surface area contributed by atoms with E-state index in [0.717, 1.165) is 33.7 Å². The van der Waals surface area contributed by atoms with Crippen LogP contribution in [0.5, 0.6) is 0 Å². The molecule has 1 unspecified atom stereocenters. The Labute approximate surface area is 121 Å². The SMILES string of the molecule is CCNC(c1ccc(F)cc1Br)c1cc(C)oc1C. The summed E-state index contributed by atoms with van der Waals surface area (Å²) in [4.78, 5) is 0. The molecule has 0 saturated heterocycles. The van der Waals surface area contributed by atoms with Gasteiger partial charge in [-0.2, -0.15) is 0 Å². The summed E-state index contributed by atoms with van der Waals surface area (Å²) < 4.78 is 19.6. The summed E-state index contributed by atoms with van der Waals surface area (Å²) in [6.07, 6.45) is 0. The van der Waals surface area contributed by atoms with Gasteiger partial charge in [-0.25, -0.2) is 4.39 Å². The Morgan fingerprint density at radius 1 is 1.26 bits per heavy atom. The molecule has 0 fully saturated rings. The van der Waals surface area contributed by atoms with Crippen LogP contribution in [0, 0.1) is 19.7 Å². The van der Waals surface area contributed by atoms with Gasteiger partial charge in [0.15, 0.2) is 0 Å². The fourth-order valence-corrected chi connectivity index (χ4v) is 2.84. The number of furan rings is 1. The highest BCUT2D eigenvalue weighted by Crippen LogP contribution is 2.32. The molecular formula is C15H17BrFNO. The first-order valence-electron chi connectivity index (χ1n) is 6.28. The summed E-state index contributed by atoms with van der Waals surface area (Å²) in [7, 11) is 0. The quantitative estimate of drug-likeness (QED) is 0.895. The summed E-state index contributed by atoms with van der Waals surface area (Å²) in [5.41, 5.74) is 2.10. The van der Waals surface area contributed by atoms with Crippen LogP contribution in [0.1, 0.15) is 35.6 Å². The Morgan fingerprint density at radius 2 is 2.00 bits per heavy atom. The van der Waals surface area contributed by atoms with Gasteiger partial charge in [-0.1, -0.05) is 28.9 Å². The minimum absolute atomic E-state index is 0.00238. The van der Waals surface area contributed by atoms with Crippen LogP contribution in [-0.4, -0.2) is 6.54 Å². The predicted octanol–water partition coefficient (Wildman–Crippen LogP) is 4.50. The van der Waals surface area contributed by atoms with Crippen LogP contribution in [0.2, 0.25) is 0 Å². The van der Waals surface area contributed by atoms with Crippen molar-refractivity contribution in [1.29, 1.82) is 0 Å². The van der Waals surface area contributed by atoms with Gasteiger partial charge in [0.1, 0.15) is 17.3 Å². The molecule has 2 aromatic rings. The van der Waals surface area contributed by atoms with E-state index in [9.17, 15) is 4.39 Å². The topological polar surface area (TPSA) is 25.2 Å². The van der Waals surface area contributed by atoms with Gasteiger partial charge in [0.25, 0.3) is 0 Å². The van der Waals surface area contributed by atoms with Gasteiger partial charge < -0.3 is 9.73 Å². The zero-order valence-electron chi connectivity index (χ0n) is 11.3. The van der Waals surface area contributed by atoms with E-state index in [0.29, 0.717) is 0 Å². The highest BCUT2D eigenvalue weighted by atomic mass is 79.9. The third kappa shape index (κ3) is 3.07. The van der Waals surface area contributed by atoms with Crippen molar-refractivity contribution in [2.45, 2.75) is 26.8 Å². The van der Waals surface area contributed by atoms with Gasteiger partial charge in [0.2, 0.25) is 0 Å². The fourth-order valence-electron chi connectivity index (χ4n) is 2.26. The van der Waals surface area contributed by atoms with Crippen molar-refractivity contribution >= 4 is 15.9 Å². The molecule has 0 aliphatic carbocycles. The maximum Gasteiger partial charge on any atom is 0.124 e. The highest BCUT2D eigenvalue weighted by molar-refractivity contribution is 9.10. The van der Waals surface area contributed by atoms with Crippen LogP contribution in [0.4, 0.5) is 4.39 Å². The Bertz CT molecular complexity index is 580. The molecule has 0 amide bonds. The maximum absolute atomic E-state index is 13.2. The van der Waals surface area contributed by atoms with Gasteiger partial charge in [-0.05, 0) is 44.2 Å². The second-order valence-corrected chi connectivity index (χ2v) is 5.38. The molecule has 1 atom stereocenters. The Hall–Kier alpha value is -1.13. The van der Waals surface area contributed by atoms with E-state index in [1.807, 2.05) is 26.8 Å². The molecule has 0 aliphatic heterocycles. The fraction of sp³-hybridized carbons (Fsp3) is 0.333. The number of hydrogen-bond acceptors (Lipinski definition) is 2. The summed E-state index contributed by atoms with van der Waals surface area (Å²) in [6, 6.07) is 6.79. The first kappa shape index (κ1) is 14.3. The van der Waals surface area contributed by atoms with E-state index < -0.39 is 0 Å². The number of halogens is 2. The molecule has 1 heterocycles. The number of nitrogens with one attached hydrogen (secondary N) is 1. The lowest BCUT2D eigenvalue weighted by molar-refractivity contribution is 0.495. The van der Waals surface area contributed by atoms with Crippen molar-refractivity contribution in [2.24, 2.45) is 0 Å². The van der Waals surface area contributed by atoms with Gasteiger partial charge in [-0.3, -0.25) is 0 Å². The first-order valence-corrected chi connectivity index (χ1v) is 7.07. The Morgan fingerprint density at radius 3 is 2.53 bits per heavy atom. The molecular weight excluding hydrogens is 309 g/mol. The smallest absolute Gasteiger partial charge is 0.124 e. The van der Waals surface area contributed by atoms with Crippen LogP contribution in [0.15, 0.2) is 33.2 Å². The van der Waals surface area contributed by atoms with Crippen molar-refractivity contribution in [1.82, 2.24) is 5.32 Å². The lowest BCUT2D eigenvalue weighted by Crippen LogP contribution is -2.22. The molecule has 1 N–H and O–H groups in total. The molecule has 19 heavy (non-hydrogen) atoms. The largest absolute Gasteiger partial charge is 0.466 e. The molecule has 0 spiro atoms. The molecule has 4 heteroatoms. The molecule has 1 aromatic carbocycles. The standard InChI is InChI=1S/C15H17BrFNO/c1-4-18-15(13-7-9(2)19-10(13)3)12-6-5-11(17)8-14(12)16/h5-8,15,18H,4H2,1-3H3. The van der Waals surface area contributed by atoms with Crippen molar-refractivity contribution in [3.63, 3.8) is 0 Å². The van der Waals surface area contributed by atoms with Gasteiger partial charge in [-0.15, -0.1) is 0 Å². The molecule has 2 nitrogen and oxygen atoms in total. The van der Waals surface area contributed by atoms with Crippen LogP contribution in [0.3, 0.4) is 0 Å². The van der Waals surface area contributed by atoms with Crippen molar-refractivity contribution in [2.75, 3.05) is 6.54 Å². The molecule has 0 aliphatic rings. The van der Waals surface area contributed by atoms with Gasteiger partial charge >= 0.3 is 0 Å². The zero-order chi connectivity index (χ0) is 14.0. The monoisotopic (exact) mass is 325 g/mol. The van der Waals surface area contributed by atoms with Crippen molar-refractivity contribution in [3.8, 4) is 0 Å². The van der Waals surface area contributed by atoms with E-state index in [-0.39, 0.29) is 11.9 Å². The number of aryl methyl sites for hydroxylation is 2. The van der Waals surface area contributed by atoms with E-state index in [1.165, 1.54) is 12.1 Å². The first-order chi connectivity index (χ1) is 9.02. The molecule has 0 saturated carbocycles. The third-order valence-electron chi connectivity index (χ3n) is 3.07. The van der Waals surface area contributed by atoms with E-state index in [2.05, 4.69) is 21.2 Å². The molecule has 0 bridgehead atoms. The van der Waals surface area contributed by atoms with Gasteiger partial charge in [0, 0.05) is 10.0 Å². The minimum Gasteiger partial charge on any atom is -0.466 e. The molecule has 1 aromatic heterocycles. The minimum atomic E-state index is -0.244. The Balaban J connectivity index is 2.48. The van der Waals surface area contributed by atoms with Crippen LogP contribution >= 0.6 is 15.9 Å². The van der Waals surface area contributed by atoms with E-state index in [4.69, 9.17) is 4.42 Å². The molecule has 0 radical (unpaired) electrons. The Kier molecular flexibility index (Phi) is 4.42. The third-order valence-corrected chi connectivity index (χ3v) is 3.76. The number of rotatable bonds is 4. The number of benzene rings is 1. The van der Waals surface area contributed by atoms with E-state index >= 15 is 0 Å². The zero-order valence-corrected chi connectivity index (χ0v) is 12.8. The summed E-state index contributed by atoms with van der Waals surface area (Å²) >= 11 is 3.44. The normalized spacial score (nSPS) is 12.7. The summed E-state index contributed by atoms with van der Waals surface area (Å²) in [6.45, 7) is 6.74. The van der Waals surface area contributed by atoms with Crippen molar-refractivity contribution in [3.05, 3.63) is 57.2 Å². The van der Waals surface area contributed by atoms with Crippen LogP contribution in [0.25, 0.3) is 0 Å². The number of hydrogen-bond donors (Lipinski definition) is 1. The summed E-state index contributed by atoms with van der Waals surface area (Å²) in [5.74, 6) is 1.53. The lowest BCUT2D eigenvalue weighted by atomic mass is 9.99. The van der Waals surface area contributed by atoms with Crippen LogP contribution < -0.4 is 5.32 Å². The average molecular weight is 326 g/mol. The van der Waals surface area contributed by atoms with Crippen LogP contribution in [-0.2, 0) is 0 Å².